The molecule has 0 spiro atoms. The summed E-state index contributed by atoms with van der Waals surface area (Å²) in [4.78, 5) is 0. The van der Waals surface area contributed by atoms with Gasteiger partial charge in [0.15, 0.2) is 34.8 Å². The van der Waals surface area contributed by atoms with E-state index in [1.807, 2.05) is 6.92 Å². The van der Waals surface area contributed by atoms with Crippen LogP contribution >= 0.6 is 0 Å². The third-order valence-electron chi connectivity index (χ3n) is 4.54. The van der Waals surface area contributed by atoms with E-state index in [0.29, 0.717) is 23.1 Å². The minimum Gasteiger partial charge on any atom is -0.483 e. The highest BCUT2D eigenvalue weighted by Gasteiger charge is 2.16. The third-order valence-corrected chi connectivity index (χ3v) is 4.54. The monoisotopic (exact) mass is 407 g/mol. The van der Waals surface area contributed by atoms with Crippen LogP contribution in [0.2, 0.25) is 0 Å². The van der Waals surface area contributed by atoms with Crippen molar-refractivity contribution in [2.45, 2.75) is 26.0 Å². The second-order valence-corrected chi connectivity index (χ2v) is 6.57. The predicted octanol–water partition coefficient (Wildman–Crippen LogP) is 6.04. The molecular formula is C22H18F5NO. The Morgan fingerprint density at radius 3 is 1.86 bits per heavy atom. The number of ether oxygens (including phenoxy) is 1. The van der Waals surface area contributed by atoms with Crippen LogP contribution in [0.15, 0.2) is 48.5 Å². The first kappa shape index (κ1) is 20.8. The van der Waals surface area contributed by atoms with Gasteiger partial charge in [-0.3, -0.25) is 0 Å². The Labute approximate surface area is 164 Å². The number of benzene rings is 3. The highest BCUT2D eigenvalue weighted by molar-refractivity contribution is 5.63. The van der Waals surface area contributed by atoms with Gasteiger partial charge in [-0.05, 0) is 52.9 Å². The Kier molecular flexibility index (Phi) is 6.17. The summed E-state index contributed by atoms with van der Waals surface area (Å²) in [5.41, 5.74) is 7.32. The SMILES string of the molecule is CCC(N)c1cc(F)c(OCc2ccc(-c3cc(F)c(F)c(F)c3)cc2)c(F)c1. The number of nitrogens with two attached hydrogens (primary N) is 1. The molecule has 0 aromatic heterocycles. The molecule has 2 nitrogen and oxygen atoms in total. The van der Waals surface area contributed by atoms with Crippen molar-refractivity contribution in [2.75, 3.05) is 0 Å². The van der Waals surface area contributed by atoms with Gasteiger partial charge in [0.05, 0.1) is 0 Å². The average molecular weight is 407 g/mol. The summed E-state index contributed by atoms with van der Waals surface area (Å²) in [5.74, 6) is -6.32. The van der Waals surface area contributed by atoms with Crippen LogP contribution in [0.1, 0.15) is 30.5 Å². The molecule has 0 saturated carbocycles. The molecule has 0 aliphatic heterocycles. The molecule has 0 fully saturated rings. The van der Waals surface area contributed by atoms with Crippen LogP contribution in [0.5, 0.6) is 5.75 Å². The Morgan fingerprint density at radius 1 is 0.793 bits per heavy atom. The highest BCUT2D eigenvalue weighted by Crippen LogP contribution is 2.28. The lowest BCUT2D eigenvalue weighted by molar-refractivity contribution is 0.273. The maximum absolute atomic E-state index is 14.2. The third kappa shape index (κ3) is 4.56. The van der Waals surface area contributed by atoms with E-state index in [-0.39, 0.29) is 12.2 Å². The van der Waals surface area contributed by atoms with E-state index < -0.39 is 40.9 Å². The van der Waals surface area contributed by atoms with Crippen molar-refractivity contribution in [3.8, 4) is 16.9 Å². The first-order chi connectivity index (χ1) is 13.8. The maximum atomic E-state index is 14.2. The summed E-state index contributed by atoms with van der Waals surface area (Å²) in [6.45, 7) is 1.68. The van der Waals surface area contributed by atoms with Gasteiger partial charge in [-0.15, -0.1) is 0 Å². The van der Waals surface area contributed by atoms with Crippen LogP contribution in [0.3, 0.4) is 0 Å². The van der Waals surface area contributed by atoms with E-state index in [0.717, 1.165) is 24.3 Å². The molecule has 0 aliphatic rings. The van der Waals surface area contributed by atoms with Crippen LogP contribution < -0.4 is 10.5 Å². The van der Waals surface area contributed by atoms with Crippen molar-refractivity contribution >= 4 is 0 Å². The number of rotatable bonds is 6. The molecular weight excluding hydrogens is 389 g/mol. The topological polar surface area (TPSA) is 35.2 Å². The molecule has 29 heavy (non-hydrogen) atoms. The summed E-state index contributed by atoms with van der Waals surface area (Å²) < 4.78 is 73.4. The van der Waals surface area contributed by atoms with E-state index in [4.69, 9.17) is 10.5 Å². The fourth-order valence-electron chi connectivity index (χ4n) is 2.84. The Morgan fingerprint density at radius 2 is 1.34 bits per heavy atom. The van der Waals surface area contributed by atoms with Gasteiger partial charge in [0, 0.05) is 6.04 Å². The lowest BCUT2D eigenvalue weighted by atomic mass is 10.0. The molecule has 3 aromatic rings. The van der Waals surface area contributed by atoms with Gasteiger partial charge in [-0.1, -0.05) is 31.2 Å². The zero-order valence-corrected chi connectivity index (χ0v) is 15.5. The van der Waals surface area contributed by atoms with Crippen molar-refractivity contribution in [3.63, 3.8) is 0 Å². The van der Waals surface area contributed by atoms with Gasteiger partial charge in [-0.25, -0.2) is 22.0 Å². The maximum Gasteiger partial charge on any atom is 0.194 e. The first-order valence-corrected chi connectivity index (χ1v) is 8.91. The van der Waals surface area contributed by atoms with Gasteiger partial charge < -0.3 is 10.5 Å². The molecule has 1 atom stereocenters. The second kappa shape index (κ2) is 8.61. The van der Waals surface area contributed by atoms with Gasteiger partial charge in [0.1, 0.15) is 6.61 Å². The molecule has 0 amide bonds. The second-order valence-electron chi connectivity index (χ2n) is 6.57. The normalized spacial score (nSPS) is 12.1. The van der Waals surface area contributed by atoms with Gasteiger partial charge in [-0.2, -0.15) is 0 Å². The van der Waals surface area contributed by atoms with E-state index in [9.17, 15) is 22.0 Å². The van der Waals surface area contributed by atoms with Crippen molar-refractivity contribution < 1.29 is 26.7 Å². The summed E-state index contributed by atoms with van der Waals surface area (Å²) >= 11 is 0. The van der Waals surface area contributed by atoms with Crippen molar-refractivity contribution in [1.29, 1.82) is 0 Å². The van der Waals surface area contributed by atoms with Crippen molar-refractivity contribution in [2.24, 2.45) is 5.73 Å². The predicted molar refractivity (Wildman–Crippen MR) is 99.7 cm³/mol. The largest absolute Gasteiger partial charge is 0.483 e. The zero-order chi connectivity index (χ0) is 21.1. The van der Waals surface area contributed by atoms with Crippen molar-refractivity contribution in [1.82, 2.24) is 0 Å². The minimum atomic E-state index is -1.53. The number of hydrogen-bond donors (Lipinski definition) is 1. The van der Waals surface area contributed by atoms with Crippen molar-refractivity contribution in [3.05, 3.63) is 88.7 Å². The van der Waals surface area contributed by atoms with E-state index in [1.54, 1.807) is 24.3 Å². The Balaban J connectivity index is 1.74. The van der Waals surface area contributed by atoms with Gasteiger partial charge >= 0.3 is 0 Å². The Hall–Kier alpha value is -2.93. The first-order valence-electron chi connectivity index (χ1n) is 8.91. The standard InChI is InChI=1S/C22H18F5NO/c1-2-20(28)15-9-18(25)22(19(26)10-15)29-11-12-3-5-13(6-4-12)14-7-16(23)21(27)17(24)8-14/h3-10,20H,2,11,28H2,1H3. The van der Waals surface area contributed by atoms with E-state index in [1.165, 1.54) is 0 Å². The fourth-order valence-corrected chi connectivity index (χ4v) is 2.84. The number of hydrogen-bond acceptors (Lipinski definition) is 2. The summed E-state index contributed by atoms with van der Waals surface area (Å²) in [6, 6.07) is 9.83. The lowest BCUT2D eigenvalue weighted by Gasteiger charge is -2.13. The van der Waals surface area contributed by atoms with E-state index in [2.05, 4.69) is 0 Å². The minimum absolute atomic E-state index is 0.126. The van der Waals surface area contributed by atoms with Crippen LogP contribution in [0, 0.1) is 29.1 Å². The summed E-state index contributed by atoms with van der Waals surface area (Å²) in [7, 11) is 0. The Bertz CT molecular complexity index is 974. The molecule has 1 unspecified atom stereocenters. The molecule has 0 aliphatic carbocycles. The van der Waals surface area contributed by atoms with E-state index >= 15 is 0 Å². The molecule has 0 saturated heterocycles. The zero-order valence-electron chi connectivity index (χ0n) is 15.5. The molecule has 0 radical (unpaired) electrons. The smallest absolute Gasteiger partial charge is 0.194 e. The quantitative estimate of drug-likeness (QED) is 0.400. The summed E-state index contributed by atoms with van der Waals surface area (Å²) in [6.07, 6.45) is 0.535. The molecule has 0 heterocycles. The fraction of sp³-hybridized carbons (Fsp3) is 0.182. The lowest BCUT2D eigenvalue weighted by Crippen LogP contribution is -2.10. The molecule has 2 N–H and O–H groups in total. The van der Waals surface area contributed by atoms with Gasteiger partial charge in [0.25, 0.3) is 0 Å². The molecule has 3 aromatic carbocycles. The highest BCUT2D eigenvalue weighted by atomic mass is 19.2. The van der Waals surface area contributed by atoms with Gasteiger partial charge in [0.2, 0.25) is 0 Å². The van der Waals surface area contributed by atoms with Crippen LogP contribution in [0.25, 0.3) is 11.1 Å². The summed E-state index contributed by atoms with van der Waals surface area (Å²) in [5, 5.41) is 0. The molecule has 0 bridgehead atoms. The molecule has 7 heteroatoms. The number of halogens is 5. The van der Waals surface area contributed by atoms with Crippen LogP contribution in [-0.2, 0) is 6.61 Å². The molecule has 3 rings (SSSR count). The van der Waals surface area contributed by atoms with Crippen LogP contribution in [-0.4, -0.2) is 0 Å². The van der Waals surface area contributed by atoms with Crippen LogP contribution in [0.4, 0.5) is 22.0 Å². The average Bonchev–Trinajstić information content (AvgIpc) is 2.70. The molecule has 152 valence electrons.